The van der Waals surface area contributed by atoms with E-state index in [1.165, 1.54) is 6.26 Å². The van der Waals surface area contributed by atoms with Crippen LogP contribution in [0.15, 0.2) is 65.4 Å². The van der Waals surface area contributed by atoms with Gasteiger partial charge in [0.05, 0.1) is 11.8 Å². The third-order valence-electron chi connectivity index (χ3n) is 3.99. The predicted molar refractivity (Wildman–Crippen MR) is 89.9 cm³/mol. The van der Waals surface area contributed by atoms with Crippen LogP contribution in [0.5, 0.6) is 0 Å². The second-order valence-electron chi connectivity index (χ2n) is 5.66. The number of hydrogen-bond donors (Lipinski definition) is 1. The number of nitrogens with zero attached hydrogens (tertiary/aromatic N) is 1. The Kier molecular flexibility index (Phi) is 3.78. The molecule has 0 spiro atoms. The second kappa shape index (κ2) is 6.24. The smallest absolute Gasteiger partial charge is 0.339 e. The van der Waals surface area contributed by atoms with E-state index in [1.807, 2.05) is 18.2 Å². The lowest BCUT2D eigenvalue weighted by Crippen LogP contribution is -2.37. The standard InChI is InChI=1S/C19H14N2O4/c22-17(16-11-12-4-1-2-7-15(12)19(23)25-16)21-14-6-3-5-13(10-14)18-20-8-9-24-18/h1-10,16H,11H2,(H,21,22)/t16-/m1/s1. The molecule has 25 heavy (non-hydrogen) atoms. The average molecular weight is 334 g/mol. The van der Waals surface area contributed by atoms with Gasteiger partial charge in [-0.05, 0) is 29.8 Å². The van der Waals surface area contributed by atoms with Gasteiger partial charge in [0, 0.05) is 17.7 Å². The number of anilines is 1. The van der Waals surface area contributed by atoms with Gasteiger partial charge in [0.2, 0.25) is 5.89 Å². The second-order valence-corrected chi connectivity index (χ2v) is 5.66. The summed E-state index contributed by atoms with van der Waals surface area (Å²) in [5.74, 6) is -0.378. The molecule has 124 valence electrons. The Balaban J connectivity index is 1.52. The van der Waals surface area contributed by atoms with E-state index in [9.17, 15) is 9.59 Å². The molecule has 1 amide bonds. The van der Waals surface area contributed by atoms with E-state index in [0.717, 1.165) is 11.1 Å². The minimum atomic E-state index is -0.854. The molecule has 1 aromatic heterocycles. The summed E-state index contributed by atoms with van der Waals surface area (Å²) in [5.41, 5.74) is 2.65. The molecule has 0 fully saturated rings. The topological polar surface area (TPSA) is 81.4 Å². The van der Waals surface area contributed by atoms with E-state index in [2.05, 4.69) is 10.3 Å². The third-order valence-corrected chi connectivity index (χ3v) is 3.99. The average Bonchev–Trinajstić information content (AvgIpc) is 3.17. The van der Waals surface area contributed by atoms with Crippen molar-refractivity contribution < 1.29 is 18.7 Å². The molecule has 6 heteroatoms. The highest BCUT2D eigenvalue weighted by molar-refractivity contribution is 6.00. The van der Waals surface area contributed by atoms with E-state index >= 15 is 0 Å². The summed E-state index contributed by atoms with van der Waals surface area (Å²) in [6.45, 7) is 0. The van der Waals surface area contributed by atoms with E-state index in [1.54, 1.807) is 36.5 Å². The van der Waals surface area contributed by atoms with Crippen LogP contribution in [0.25, 0.3) is 11.5 Å². The molecule has 1 aliphatic rings. The van der Waals surface area contributed by atoms with Crippen molar-refractivity contribution in [2.75, 3.05) is 5.32 Å². The molecule has 2 heterocycles. The van der Waals surface area contributed by atoms with Crippen LogP contribution in [-0.2, 0) is 16.0 Å². The number of rotatable bonds is 3. The zero-order valence-electron chi connectivity index (χ0n) is 13.1. The van der Waals surface area contributed by atoms with E-state index < -0.39 is 12.1 Å². The number of esters is 1. The highest BCUT2D eigenvalue weighted by Gasteiger charge is 2.31. The van der Waals surface area contributed by atoms with Crippen molar-refractivity contribution in [2.24, 2.45) is 0 Å². The van der Waals surface area contributed by atoms with Crippen LogP contribution in [0.3, 0.4) is 0 Å². The van der Waals surface area contributed by atoms with Gasteiger partial charge in [0.25, 0.3) is 5.91 Å². The van der Waals surface area contributed by atoms with E-state index in [-0.39, 0.29) is 5.91 Å². The van der Waals surface area contributed by atoms with Crippen molar-refractivity contribution in [3.8, 4) is 11.5 Å². The van der Waals surface area contributed by atoms with Crippen LogP contribution in [0.4, 0.5) is 5.69 Å². The molecule has 1 atom stereocenters. The van der Waals surface area contributed by atoms with Crippen molar-refractivity contribution in [3.63, 3.8) is 0 Å². The summed E-state index contributed by atoms with van der Waals surface area (Å²) in [4.78, 5) is 28.6. The molecule has 0 aliphatic carbocycles. The van der Waals surface area contributed by atoms with Gasteiger partial charge in [-0.2, -0.15) is 0 Å². The van der Waals surface area contributed by atoms with Crippen LogP contribution in [0, 0.1) is 0 Å². The summed E-state index contributed by atoms with van der Waals surface area (Å²) in [6, 6.07) is 14.3. The number of carbonyl (C=O) groups excluding carboxylic acids is 2. The van der Waals surface area contributed by atoms with Gasteiger partial charge in [0.15, 0.2) is 6.10 Å². The lowest BCUT2D eigenvalue weighted by molar-refractivity contribution is -0.125. The maximum Gasteiger partial charge on any atom is 0.339 e. The van der Waals surface area contributed by atoms with Crippen molar-refractivity contribution in [2.45, 2.75) is 12.5 Å². The number of hydrogen-bond acceptors (Lipinski definition) is 5. The Morgan fingerprint density at radius 3 is 2.88 bits per heavy atom. The zero-order chi connectivity index (χ0) is 17.2. The van der Waals surface area contributed by atoms with Gasteiger partial charge >= 0.3 is 5.97 Å². The zero-order valence-corrected chi connectivity index (χ0v) is 13.1. The normalized spacial score (nSPS) is 16.0. The molecular weight excluding hydrogens is 320 g/mol. The predicted octanol–water partition coefficient (Wildman–Crippen LogP) is 3.06. The summed E-state index contributed by atoms with van der Waals surface area (Å²) in [7, 11) is 0. The number of amides is 1. The van der Waals surface area contributed by atoms with E-state index in [0.29, 0.717) is 23.6 Å². The Morgan fingerprint density at radius 2 is 2.04 bits per heavy atom. The molecule has 2 aromatic carbocycles. The molecular formula is C19H14N2O4. The summed E-state index contributed by atoms with van der Waals surface area (Å²) >= 11 is 0. The molecule has 0 unspecified atom stereocenters. The van der Waals surface area contributed by atoms with Gasteiger partial charge in [-0.15, -0.1) is 0 Å². The number of oxazole rings is 1. The fourth-order valence-electron chi connectivity index (χ4n) is 2.80. The summed E-state index contributed by atoms with van der Waals surface area (Å²) < 4.78 is 10.5. The summed E-state index contributed by atoms with van der Waals surface area (Å²) in [6.07, 6.45) is 2.54. The lowest BCUT2D eigenvalue weighted by Gasteiger charge is -2.23. The van der Waals surface area contributed by atoms with Gasteiger partial charge < -0.3 is 14.5 Å². The minimum absolute atomic E-state index is 0.354. The van der Waals surface area contributed by atoms with Gasteiger partial charge in [-0.1, -0.05) is 24.3 Å². The SMILES string of the molecule is O=C1O[C@@H](C(=O)Nc2cccc(-c3ncco3)c2)Cc2ccccc21. The number of carbonyl (C=O) groups is 2. The number of cyclic esters (lactones) is 1. The van der Waals surface area contributed by atoms with Crippen molar-refractivity contribution >= 4 is 17.6 Å². The number of ether oxygens (including phenoxy) is 1. The maximum absolute atomic E-state index is 12.5. The number of benzene rings is 2. The number of aromatic nitrogens is 1. The van der Waals surface area contributed by atoms with Gasteiger partial charge in [-0.25, -0.2) is 9.78 Å². The molecule has 0 bridgehead atoms. The van der Waals surface area contributed by atoms with Crippen LogP contribution in [-0.4, -0.2) is 23.0 Å². The summed E-state index contributed by atoms with van der Waals surface area (Å²) in [5, 5.41) is 2.78. The molecule has 6 nitrogen and oxygen atoms in total. The fourth-order valence-corrected chi connectivity index (χ4v) is 2.80. The molecule has 3 aromatic rings. The quantitative estimate of drug-likeness (QED) is 0.745. The van der Waals surface area contributed by atoms with Crippen LogP contribution in [0.2, 0.25) is 0 Å². The fraction of sp³-hybridized carbons (Fsp3) is 0.105. The Labute approximate surface area is 143 Å². The molecule has 1 aliphatic heterocycles. The minimum Gasteiger partial charge on any atom is -0.448 e. The van der Waals surface area contributed by atoms with Crippen molar-refractivity contribution in [1.82, 2.24) is 4.98 Å². The maximum atomic E-state index is 12.5. The first-order valence-corrected chi connectivity index (χ1v) is 7.80. The molecule has 0 saturated carbocycles. The first-order valence-electron chi connectivity index (χ1n) is 7.80. The first kappa shape index (κ1) is 15.1. The highest BCUT2D eigenvalue weighted by Crippen LogP contribution is 2.23. The van der Waals surface area contributed by atoms with E-state index in [4.69, 9.17) is 9.15 Å². The number of fused-ring (bicyclic) bond motifs is 1. The Morgan fingerprint density at radius 1 is 1.16 bits per heavy atom. The monoisotopic (exact) mass is 334 g/mol. The molecule has 0 radical (unpaired) electrons. The van der Waals surface area contributed by atoms with Crippen molar-refractivity contribution in [3.05, 3.63) is 72.1 Å². The Bertz CT molecular complexity index is 934. The molecule has 4 rings (SSSR count). The van der Waals surface area contributed by atoms with Crippen molar-refractivity contribution in [1.29, 1.82) is 0 Å². The third kappa shape index (κ3) is 3.01. The van der Waals surface area contributed by atoms with Gasteiger partial charge in [-0.3, -0.25) is 4.79 Å². The lowest BCUT2D eigenvalue weighted by atomic mass is 9.98. The van der Waals surface area contributed by atoms with Crippen LogP contribution < -0.4 is 5.32 Å². The first-order chi connectivity index (χ1) is 12.2. The molecule has 1 N–H and O–H groups in total. The highest BCUT2D eigenvalue weighted by atomic mass is 16.5. The van der Waals surface area contributed by atoms with Crippen LogP contribution >= 0.6 is 0 Å². The molecule has 0 saturated heterocycles. The Hall–Kier alpha value is -3.41. The van der Waals surface area contributed by atoms with Crippen LogP contribution in [0.1, 0.15) is 15.9 Å². The largest absolute Gasteiger partial charge is 0.448 e. The van der Waals surface area contributed by atoms with Gasteiger partial charge in [0.1, 0.15) is 6.26 Å². The number of nitrogens with one attached hydrogen (secondary N) is 1.